The molecular formula is C18H29N3O2S. The Hall–Kier alpha value is -0.560. The van der Waals surface area contributed by atoms with Gasteiger partial charge < -0.3 is 9.47 Å². The predicted octanol–water partition coefficient (Wildman–Crippen LogP) is 2.41. The molecular weight excluding hydrogens is 322 g/mol. The van der Waals surface area contributed by atoms with E-state index < -0.39 is 0 Å². The second-order valence-electron chi connectivity index (χ2n) is 7.56. The first-order valence-corrected chi connectivity index (χ1v) is 10.3. The molecule has 4 rings (SSSR count). The van der Waals surface area contributed by atoms with Gasteiger partial charge in [0, 0.05) is 68.3 Å². The number of aromatic nitrogens is 2. The maximum atomic E-state index is 6.24. The summed E-state index contributed by atoms with van der Waals surface area (Å²) in [6, 6.07) is 0. The molecule has 1 unspecified atom stereocenters. The fourth-order valence-electron chi connectivity index (χ4n) is 4.11. The van der Waals surface area contributed by atoms with Crippen LogP contribution in [0, 0.1) is 5.92 Å². The molecule has 6 heteroatoms. The van der Waals surface area contributed by atoms with Gasteiger partial charge in [0.25, 0.3) is 0 Å². The van der Waals surface area contributed by atoms with Gasteiger partial charge >= 0.3 is 0 Å². The minimum Gasteiger partial charge on any atom is -0.381 e. The number of aryl methyl sites for hydroxylation is 1. The quantitative estimate of drug-likeness (QED) is 0.787. The summed E-state index contributed by atoms with van der Waals surface area (Å²) in [6.07, 6.45) is 8.21. The minimum atomic E-state index is 0.459. The van der Waals surface area contributed by atoms with Crippen LogP contribution in [0.5, 0.6) is 0 Å². The zero-order valence-corrected chi connectivity index (χ0v) is 15.5. The summed E-state index contributed by atoms with van der Waals surface area (Å²) >= 11 is 2.14. The third-order valence-corrected chi connectivity index (χ3v) is 7.10. The lowest BCUT2D eigenvalue weighted by molar-refractivity contribution is -0.0133. The molecule has 3 aliphatic heterocycles. The highest BCUT2D eigenvalue weighted by Crippen LogP contribution is 2.46. The zero-order valence-electron chi connectivity index (χ0n) is 14.7. The van der Waals surface area contributed by atoms with Gasteiger partial charge in [-0.05, 0) is 32.1 Å². The van der Waals surface area contributed by atoms with Gasteiger partial charge in [0.2, 0.25) is 0 Å². The summed E-state index contributed by atoms with van der Waals surface area (Å²) < 4.78 is 14.1. The number of hydrogen-bond donors (Lipinski definition) is 0. The van der Waals surface area contributed by atoms with E-state index in [2.05, 4.69) is 34.9 Å². The van der Waals surface area contributed by atoms with Crippen molar-refractivity contribution in [2.24, 2.45) is 5.92 Å². The van der Waals surface area contributed by atoms with Crippen LogP contribution in [0.4, 0.5) is 0 Å². The van der Waals surface area contributed by atoms with Gasteiger partial charge in [-0.1, -0.05) is 0 Å². The first kappa shape index (κ1) is 16.9. The van der Waals surface area contributed by atoms with Crippen LogP contribution in [0.15, 0.2) is 12.4 Å². The number of ether oxygens (including phenoxy) is 2. The smallest absolute Gasteiger partial charge is 0.0680 e. The number of nitrogens with zero attached hydrogens (tertiary/aromatic N) is 3. The van der Waals surface area contributed by atoms with E-state index in [-0.39, 0.29) is 0 Å². The van der Waals surface area contributed by atoms with E-state index in [1.54, 1.807) is 0 Å². The van der Waals surface area contributed by atoms with Gasteiger partial charge in [0.15, 0.2) is 0 Å². The zero-order chi connectivity index (χ0) is 16.4. The van der Waals surface area contributed by atoms with Crippen molar-refractivity contribution in [2.75, 3.05) is 38.7 Å². The lowest BCUT2D eigenvalue weighted by atomic mass is 9.92. The Balaban J connectivity index is 1.18. The van der Waals surface area contributed by atoms with E-state index in [9.17, 15) is 0 Å². The first-order chi connectivity index (χ1) is 11.7. The van der Waals surface area contributed by atoms with Crippen molar-refractivity contribution in [1.29, 1.82) is 0 Å². The molecule has 0 aliphatic carbocycles. The van der Waals surface area contributed by atoms with Crippen LogP contribution >= 0.6 is 11.8 Å². The number of likely N-dealkylation sites (tertiary alicyclic amines) is 1. The molecule has 24 heavy (non-hydrogen) atoms. The summed E-state index contributed by atoms with van der Waals surface area (Å²) in [5.74, 6) is 1.89. The van der Waals surface area contributed by atoms with Gasteiger partial charge in [-0.15, -0.1) is 11.8 Å². The van der Waals surface area contributed by atoms with Gasteiger partial charge in [-0.2, -0.15) is 5.10 Å². The summed E-state index contributed by atoms with van der Waals surface area (Å²) in [7, 11) is 0. The van der Waals surface area contributed by atoms with Gasteiger partial charge in [0.05, 0.1) is 12.3 Å². The largest absolute Gasteiger partial charge is 0.381 e. The lowest BCUT2D eigenvalue weighted by Crippen LogP contribution is -2.58. The minimum absolute atomic E-state index is 0.459. The van der Waals surface area contributed by atoms with Crippen LogP contribution in [0.1, 0.15) is 31.7 Å². The molecule has 3 saturated heterocycles. The molecule has 4 heterocycles. The summed E-state index contributed by atoms with van der Waals surface area (Å²) in [4.78, 5) is 2.55. The van der Waals surface area contributed by atoms with E-state index in [1.165, 1.54) is 43.7 Å². The van der Waals surface area contributed by atoms with Crippen molar-refractivity contribution in [2.45, 2.75) is 50.1 Å². The van der Waals surface area contributed by atoms with Crippen molar-refractivity contribution < 1.29 is 9.47 Å². The molecule has 1 aromatic heterocycles. The van der Waals surface area contributed by atoms with E-state index in [4.69, 9.17) is 9.47 Å². The molecule has 1 spiro atoms. The molecule has 0 aromatic carbocycles. The van der Waals surface area contributed by atoms with Crippen LogP contribution in [0.3, 0.4) is 0 Å². The van der Waals surface area contributed by atoms with Crippen LogP contribution in [0.2, 0.25) is 0 Å². The van der Waals surface area contributed by atoms with Crippen LogP contribution in [-0.4, -0.2) is 64.2 Å². The molecule has 0 N–H and O–H groups in total. The predicted molar refractivity (Wildman–Crippen MR) is 96.3 cm³/mol. The fraction of sp³-hybridized carbons (Fsp3) is 0.833. The molecule has 134 valence electrons. The molecule has 0 bridgehead atoms. The highest BCUT2D eigenvalue weighted by molar-refractivity contribution is 8.01. The van der Waals surface area contributed by atoms with Crippen LogP contribution in [0.25, 0.3) is 0 Å². The Morgan fingerprint density at radius 2 is 2.21 bits per heavy atom. The van der Waals surface area contributed by atoms with Crippen LogP contribution < -0.4 is 0 Å². The highest BCUT2D eigenvalue weighted by atomic mass is 32.2. The SMILES string of the molecule is CCn1cc(CN2CC3(CC(OCC4CCOCC4)CS3)C2)cn1. The van der Waals surface area contributed by atoms with Crippen molar-refractivity contribution in [3.05, 3.63) is 18.0 Å². The Morgan fingerprint density at radius 1 is 1.38 bits per heavy atom. The van der Waals surface area contributed by atoms with Crippen molar-refractivity contribution in [3.63, 3.8) is 0 Å². The van der Waals surface area contributed by atoms with E-state index in [0.717, 1.165) is 32.9 Å². The molecule has 1 aromatic rings. The molecule has 0 radical (unpaired) electrons. The third-order valence-electron chi connectivity index (χ3n) is 5.52. The van der Waals surface area contributed by atoms with Crippen molar-refractivity contribution >= 4 is 11.8 Å². The first-order valence-electron chi connectivity index (χ1n) is 9.32. The normalized spacial score (nSPS) is 27.6. The average Bonchev–Trinajstić information content (AvgIpc) is 3.21. The fourth-order valence-corrected chi connectivity index (χ4v) is 5.72. The average molecular weight is 352 g/mol. The van der Waals surface area contributed by atoms with E-state index in [0.29, 0.717) is 16.8 Å². The monoisotopic (exact) mass is 351 g/mol. The van der Waals surface area contributed by atoms with Crippen LogP contribution in [-0.2, 0) is 22.6 Å². The maximum Gasteiger partial charge on any atom is 0.0680 e. The molecule has 0 amide bonds. The third kappa shape index (κ3) is 3.82. The summed E-state index contributed by atoms with van der Waals surface area (Å²) in [5.41, 5.74) is 1.34. The maximum absolute atomic E-state index is 6.24. The van der Waals surface area contributed by atoms with E-state index in [1.807, 2.05) is 10.9 Å². The molecule has 0 saturated carbocycles. The Labute approximate surface area is 149 Å². The van der Waals surface area contributed by atoms with Gasteiger partial charge in [0.1, 0.15) is 0 Å². The Morgan fingerprint density at radius 3 is 2.96 bits per heavy atom. The van der Waals surface area contributed by atoms with Gasteiger partial charge in [-0.3, -0.25) is 9.58 Å². The molecule has 3 aliphatic rings. The van der Waals surface area contributed by atoms with Crippen molar-refractivity contribution in [3.8, 4) is 0 Å². The van der Waals surface area contributed by atoms with Crippen molar-refractivity contribution in [1.82, 2.24) is 14.7 Å². The number of rotatable bonds is 6. The molecule has 3 fully saturated rings. The second kappa shape index (κ2) is 7.36. The molecule has 5 nitrogen and oxygen atoms in total. The number of hydrogen-bond acceptors (Lipinski definition) is 5. The second-order valence-corrected chi connectivity index (χ2v) is 9.05. The Kier molecular flexibility index (Phi) is 5.18. The highest BCUT2D eigenvalue weighted by Gasteiger charge is 2.49. The standard InChI is InChI=1S/C18H29N3O2S/c1-2-21-10-16(8-19-21)9-20-13-18(14-20)7-17(12-24-18)23-11-15-3-5-22-6-4-15/h8,10,15,17H,2-7,9,11-14H2,1H3. The Bertz CT molecular complexity index is 538. The number of thioether (sulfide) groups is 1. The van der Waals surface area contributed by atoms with Gasteiger partial charge in [-0.25, -0.2) is 0 Å². The van der Waals surface area contributed by atoms with E-state index >= 15 is 0 Å². The topological polar surface area (TPSA) is 39.5 Å². The summed E-state index contributed by atoms with van der Waals surface area (Å²) in [5, 5.41) is 4.37. The molecule has 1 atom stereocenters. The lowest BCUT2D eigenvalue weighted by Gasteiger charge is -2.47. The summed E-state index contributed by atoms with van der Waals surface area (Å²) in [6.45, 7) is 9.29.